The highest BCUT2D eigenvalue weighted by molar-refractivity contribution is 9.10. The fourth-order valence-corrected chi connectivity index (χ4v) is 2.70. The Labute approximate surface area is 132 Å². The van der Waals surface area contributed by atoms with Gasteiger partial charge in [-0.15, -0.1) is 0 Å². The summed E-state index contributed by atoms with van der Waals surface area (Å²) in [6.07, 6.45) is 1.79. The first kappa shape index (κ1) is 15.3. The van der Waals surface area contributed by atoms with Crippen LogP contribution in [0, 0.1) is 17.1 Å². The number of hydrogen-bond donors (Lipinski definition) is 0. The summed E-state index contributed by atoms with van der Waals surface area (Å²) < 4.78 is 13.9. The van der Waals surface area contributed by atoms with Crippen LogP contribution in [0.15, 0.2) is 46.9 Å². The van der Waals surface area contributed by atoms with Gasteiger partial charge in [0.2, 0.25) is 0 Å². The third kappa shape index (κ3) is 3.71. The average molecular weight is 345 g/mol. The Kier molecular flexibility index (Phi) is 4.77. The zero-order chi connectivity index (χ0) is 15.4. The smallest absolute Gasteiger partial charge is 0.123 e. The molecule has 21 heavy (non-hydrogen) atoms. The van der Waals surface area contributed by atoms with Crippen LogP contribution in [0.25, 0.3) is 11.6 Å². The predicted molar refractivity (Wildman–Crippen MR) is 88.4 cm³/mol. The van der Waals surface area contributed by atoms with Gasteiger partial charge in [0.15, 0.2) is 0 Å². The molecule has 2 aromatic carbocycles. The van der Waals surface area contributed by atoms with Gasteiger partial charge in [0.05, 0.1) is 17.3 Å². The summed E-state index contributed by atoms with van der Waals surface area (Å²) in [6, 6.07) is 14.0. The number of allylic oxidation sites excluding steroid dienone is 1. The molecule has 0 aromatic heterocycles. The van der Waals surface area contributed by atoms with Gasteiger partial charge in [-0.2, -0.15) is 5.26 Å². The lowest BCUT2D eigenvalue weighted by molar-refractivity contribution is 0.627. The summed E-state index contributed by atoms with van der Waals surface area (Å²) in [4.78, 5) is 2.00. The van der Waals surface area contributed by atoms with Crippen molar-refractivity contribution in [3.63, 3.8) is 0 Å². The van der Waals surface area contributed by atoms with Crippen LogP contribution < -0.4 is 4.90 Å². The molecule has 106 valence electrons. The number of nitriles is 1. The predicted octanol–water partition coefficient (Wildman–Crippen LogP) is 4.72. The van der Waals surface area contributed by atoms with E-state index in [4.69, 9.17) is 0 Å². The lowest BCUT2D eigenvalue weighted by Crippen LogP contribution is -2.09. The molecule has 0 saturated heterocycles. The molecule has 0 saturated carbocycles. The first-order chi connectivity index (χ1) is 10.0. The second-order valence-electron chi connectivity index (χ2n) is 4.78. The molecule has 0 spiro atoms. The van der Waals surface area contributed by atoms with Gasteiger partial charge < -0.3 is 4.90 Å². The van der Waals surface area contributed by atoms with E-state index in [0.717, 1.165) is 15.7 Å². The van der Waals surface area contributed by atoms with Crippen molar-refractivity contribution >= 4 is 33.3 Å². The van der Waals surface area contributed by atoms with E-state index < -0.39 is 0 Å². The van der Waals surface area contributed by atoms with E-state index in [2.05, 4.69) is 22.0 Å². The van der Waals surface area contributed by atoms with Crippen molar-refractivity contribution < 1.29 is 4.39 Å². The van der Waals surface area contributed by atoms with Crippen molar-refractivity contribution in [3.8, 4) is 6.07 Å². The van der Waals surface area contributed by atoms with Gasteiger partial charge >= 0.3 is 0 Å². The maximum absolute atomic E-state index is 12.9. The summed E-state index contributed by atoms with van der Waals surface area (Å²) in [5.74, 6) is -0.311. The minimum absolute atomic E-state index is 0.311. The Morgan fingerprint density at radius 1 is 1.19 bits per heavy atom. The second-order valence-corrected chi connectivity index (χ2v) is 5.64. The number of halogens is 2. The summed E-state index contributed by atoms with van der Waals surface area (Å²) in [5.41, 5.74) is 3.17. The van der Waals surface area contributed by atoms with Crippen molar-refractivity contribution in [1.29, 1.82) is 5.26 Å². The molecule has 0 N–H and O–H groups in total. The number of anilines is 1. The minimum Gasteiger partial charge on any atom is -0.377 e. The molecule has 4 heteroatoms. The molecule has 2 aromatic rings. The summed E-state index contributed by atoms with van der Waals surface area (Å²) in [7, 11) is 3.93. The highest BCUT2D eigenvalue weighted by Crippen LogP contribution is 2.27. The average Bonchev–Trinajstić information content (AvgIpc) is 2.45. The van der Waals surface area contributed by atoms with E-state index in [1.807, 2.05) is 37.2 Å². The molecule has 0 atom stereocenters. The zero-order valence-electron chi connectivity index (χ0n) is 11.8. The van der Waals surface area contributed by atoms with Crippen LogP contribution in [0.5, 0.6) is 0 Å². The van der Waals surface area contributed by atoms with E-state index in [1.165, 1.54) is 12.1 Å². The Bertz CT molecular complexity index is 713. The molecule has 0 radical (unpaired) electrons. The van der Waals surface area contributed by atoms with Crippen molar-refractivity contribution in [2.75, 3.05) is 19.0 Å². The summed E-state index contributed by atoms with van der Waals surface area (Å²) >= 11 is 3.52. The first-order valence-electron chi connectivity index (χ1n) is 6.36. The molecule has 0 amide bonds. The fourth-order valence-electron chi connectivity index (χ4n) is 1.95. The standard InChI is InChI=1S/C17H14BrFN2/c1-21(2)17-8-3-12(10-16(17)18)9-14(11-20)13-4-6-15(19)7-5-13/h3-10H,1-2H3/b14-9-. The Balaban J connectivity index is 2.39. The van der Waals surface area contributed by atoms with Gasteiger partial charge in [0.1, 0.15) is 5.82 Å². The van der Waals surface area contributed by atoms with Crippen LogP contribution in [-0.2, 0) is 0 Å². The van der Waals surface area contributed by atoms with Gasteiger partial charge in [0, 0.05) is 18.6 Å². The van der Waals surface area contributed by atoms with E-state index in [9.17, 15) is 9.65 Å². The fraction of sp³-hybridized carbons (Fsp3) is 0.118. The third-order valence-corrected chi connectivity index (χ3v) is 3.68. The lowest BCUT2D eigenvalue weighted by atomic mass is 10.0. The van der Waals surface area contributed by atoms with Gasteiger partial charge in [-0.1, -0.05) is 18.2 Å². The Morgan fingerprint density at radius 2 is 1.86 bits per heavy atom. The number of nitrogens with zero attached hydrogens (tertiary/aromatic N) is 2. The SMILES string of the molecule is CN(C)c1ccc(/C=C(/C#N)c2ccc(F)cc2)cc1Br. The molecule has 0 aliphatic rings. The van der Waals surface area contributed by atoms with Crippen LogP contribution in [0.2, 0.25) is 0 Å². The molecule has 0 aliphatic carbocycles. The molecule has 0 unspecified atom stereocenters. The number of rotatable bonds is 3. The van der Waals surface area contributed by atoms with Crippen molar-refractivity contribution in [2.45, 2.75) is 0 Å². The summed E-state index contributed by atoms with van der Waals surface area (Å²) in [5, 5.41) is 9.29. The third-order valence-electron chi connectivity index (χ3n) is 3.04. The summed E-state index contributed by atoms with van der Waals surface area (Å²) in [6.45, 7) is 0. The topological polar surface area (TPSA) is 27.0 Å². The van der Waals surface area contributed by atoms with E-state index in [1.54, 1.807) is 18.2 Å². The molecule has 0 bridgehead atoms. The minimum atomic E-state index is -0.311. The Morgan fingerprint density at radius 3 is 2.38 bits per heavy atom. The van der Waals surface area contributed by atoms with Crippen LogP contribution in [0.3, 0.4) is 0 Å². The molecule has 0 aliphatic heterocycles. The zero-order valence-corrected chi connectivity index (χ0v) is 13.4. The van der Waals surface area contributed by atoms with Crippen LogP contribution >= 0.6 is 15.9 Å². The van der Waals surface area contributed by atoms with Gasteiger partial charge in [-0.3, -0.25) is 0 Å². The maximum Gasteiger partial charge on any atom is 0.123 e. The quantitative estimate of drug-likeness (QED) is 0.595. The highest BCUT2D eigenvalue weighted by Gasteiger charge is 2.05. The first-order valence-corrected chi connectivity index (χ1v) is 7.15. The highest BCUT2D eigenvalue weighted by atomic mass is 79.9. The van der Waals surface area contributed by atoms with Gasteiger partial charge in [-0.05, 0) is 57.4 Å². The number of hydrogen-bond acceptors (Lipinski definition) is 2. The van der Waals surface area contributed by atoms with Crippen LogP contribution in [0.1, 0.15) is 11.1 Å². The molecular weight excluding hydrogens is 331 g/mol. The van der Waals surface area contributed by atoms with Crippen molar-refractivity contribution in [3.05, 3.63) is 63.9 Å². The van der Waals surface area contributed by atoms with Crippen LogP contribution in [0.4, 0.5) is 10.1 Å². The van der Waals surface area contributed by atoms with Crippen molar-refractivity contribution in [1.82, 2.24) is 0 Å². The number of benzene rings is 2. The molecule has 0 fully saturated rings. The molecule has 2 rings (SSSR count). The van der Waals surface area contributed by atoms with Gasteiger partial charge in [0.25, 0.3) is 0 Å². The molecule has 2 nitrogen and oxygen atoms in total. The van der Waals surface area contributed by atoms with E-state index in [-0.39, 0.29) is 5.82 Å². The molecular formula is C17H14BrFN2. The second kappa shape index (κ2) is 6.55. The maximum atomic E-state index is 12.9. The normalized spacial score (nSPS) is 11.1. The molecule has 0 heterocycles. The van der Waals surface area contributed by atoms with E-state index >= 15 is 0 Å². The lowest BCUT2D eigenvalue weighted by Gasteiger charge is -2.14. The van der Waals surface area contributed by atoms with Crippen molar-refractivity contribution in [2.24, 2.45) is 0 Å². The van der Waals surface area contributed by atoms with Gasteiger partial charge in [-0.25, -0.2) is 4.39 Å². The monoisotopic (exact) mass is 344 g/mol. The van der Waals surface area contributed by atoms with Crippen LogP contribution in [-0.4, -0.2) is 14.1 Å². The Hall–Kier alpha value is -2.12. The largest absolute Gasteiger partial charge is 0.377 e. The van der Waals surface area contributed by atoms with E-state index in [0.29, 0.717) is 11.1 Å².